The van der Waals surface area contributed by atoms with Crippen molar-refractivity contribution in [3.63, 3.8) is 0 Å². The van der Waals surface area contributed by atoms with Gasteiger partial charge in [-0.25, -0.2) is 4.98 Å². The van der Waals surface area contributed by atoms with Gasteiger partial charge in [0.1, 0.15) is 5.00 Å². The van der Waals surface area contributed by atoms with Gasteiger partial charge in [-0.15, -0.1) is 0 Å². The molecule has 2 heterocycles. The molecule has 8 nitrogen and oxygen atoms in total. The molecule has 4 N–H and O–H groups in total. The van der Waals surface area contributed by atoms with Crippen LogP contribution in [-0.2, 0) is 4.74 Å². The molecule has 0 spiro atoms. The van der Waals surface area contributed by atoms with E-state index in [9.17, 15) is 9.59 Å². The van der Waals surface area contributed by atoms with Gasteiger partial charge in [0.2, 0.25) is 0 Å². The zero-order valence-corrected chi connectivity index (χ0v) is 20.8. The van der Waals surface area contributed by atoms with Crippen LogP contribution >= 0.6 is 11.3 Å². The van der Waals surface area contributed by atoms with Crippen LogP contribution in [0.1, 0.15) is 34.7 Å². The zero-order valence-electron chi connectivity index (χ0n) is 20.0. The lowest BCUT2D eigenvalue weighted by molar-refractivity contribution is -0.00522. The Labute approximate surface area is 213 Å². The molecule has 1 aromatic heterocycles. The first kappa shape index (κ1) is 23.8. The molecule has 9 heteroatoms. The average molecular weight is 502 g/mol. The Kier molecular flexibility index (Phi) is 6.58. The van der Waals surface area contributed by atoms with E-state index in [1.54, 1.807) is 12.1 Å². The van der Waals surface area contributed by atoms with Gasteiger partial charge < -0.3 is 26.0 Å². The van der Waals surface area contributed by atoms with Crippen molar-refractivity contribution in [1.29, 1.82) is 0 Å². The van der Waals surface area contributed by atoms with Crippen molar-refractivity contribution in [2.45, 2.75) is 26.1 Å². The van der Waals surface area contributed by atoms with Crippen LogP contribution < -0.4 is 21.3 Å². The molecule has 5 rings (SSSR count). The van der Waals surface area contributed by atoms with E-state index in [1.807, 2.05) is 54.6 Å². The fraction of sp³-hybridized carbons (Fsp3) is 0.222. The number of aromatic nitrogens is 1. The first-order chi connectivity index (χ1) is 17.4. The second-order valence-electron chi connectivity index (χ2n) is 8.91. The number of anilines is 4. The van der Waals surface area contributed by atoms with Crippen molar-refractivity contribution < 1.29 is 14.3 Å². The molecule has 1 fully saturated rings. The third kappa shape index (κ3) is 5.17. The van der Waals surface area contributed by atoms with Gasteiger partial charge in [0.05, 0.1) is 12.2 Å². The van der Waals surface area contributed by atoms with Gasteiger partial charge in [-0.2, -0.15) is 0 Å². The summed E-state index contributed by atoms with van der Waals surface area (Å²) in [7, 11) is 0. The molecule has 2 amide bonds. The Morgan fingerprint density at radius 2 is 1.69 bits per heavy atom. The van der Waals surface area contributed by atoms with Gasteiger partial charge in [0.25, 0.3) is 11.8 Å². The van der Waals surface area contributed by atoms with Crippen LogP contribution in [0.3, 0.4) is 0 Å². The summed E-state index contributed by atoms with van der Waals surface area (Å²) in [5, 5.41) is 8.97. The number of ether oxygens (including phenoxy) is 1. The number of nitrogens with two attached hydrogens (primary N) is 1. The fourth-order valence-electron chi connectivity index (χ4n) is 4.40. The molecular weight excluding hydrogens is 474 g/mol. The third-order valence-electron chi connectivity index (χ3n) is 6.00. The van der Waals surface area contributed by atoms with Crippen LogP contribution in [0.25, 0.3) is 10.8 Å². The van der Waals surface area contributed by atoms with E-state index in [1.165, 1.54) is 0 Å². The smallest absolute Gasteiger partial charge is 0.270 e. The Morgan fingerprint density at radius 1 is 1.00 bits per heavy atom. The topological polar surface area (TPSA) is 110 Å². The second-order valence-corrected chi connectivity index (χ2v) is 9.91. The number of thiazole rings is 1. The summed E-state index contributed by atoms with van der Waals surface area (Å²) < 4.78 is 5.80. The van der Waals surface area contributed by atoms with Gasteiger partial charge >= 0.3 is 0 Å². The number of hydrogen-bond donors (Lipinski definition) is 3. The summed E-state index contributed by atoms with van der Waals surface area (Å²) in [5.74, 6) is -1.05. The maximum Gasteiger partial charge on any atom is 0.270 e. The SMILES string of the molecule is C[C@@H]1CN(c2ccc(C(=O)Nc3sc(Nc4ccc5ccccc5c4)nc3C(N)=O)cc2)C[C@H](C)O1. The molecule has 4 aromatic rings. The molecule has 0 aliphatic carbocycles. The van der Waals surface area contributed by atoms with Gasteiger partial charge in [-0.05, 0) is 61.0 Å². The molecular formula is C27H27N5O3S. The minimum absolute atomic E-state index is 0.0181. The van der Waals surface area contributed by atoms with E-state index in [0.29, 0.717) is 15.7 Å². The zero-order chi connectivity index (χ0) is 25.2. The number of morpholine rings is 1. The van der Waals surface area contributed by atoms with Gasteiger partial charge in [0, 0.05) is 30.0 Å². The maximum absolute atomic E-state index is 13.0. The molecule has 184 valence electrons. The third-order valence-corrected chi connectivity index (χ3v) is 6.89. The molecule has 36 heavy (non-hydrogen) atoms. The predicted molar refractivity (Wildman–Crippen MR) is 144 cm³/mol. The summed E-state index contributed by atoms with van der Waals surface area (Å²) in [6, 6.07) is 21.4. The first-order valence-corrected chi connectivity index (χ1v) is 12.6. The van der Waals surface area contributed by atoms with Gasteiger partial charge in [0.15, 0.2) is 10.8 Å². The van der Waals surface area contributed by atoms with Crippen LogP contribution in [0.4, 0.5) is 21.5 Å². The second kappa shape index (κ2) is 9.96. The molecule has 0 saturated carbocycles. The lowest BCUT2D eigenvalue weighted by atomic mass is 10.1. The number of primary amides is 1. The highest BCUT2D eigenvalue weighted by Crippen LogP contribution is 2.32. The minimum atomic E-state index is -0.709. The molecule has 1 aliphatic heterocycles. The van der Waals surface area contributed by atoms with Crippen molar-refractivity contribution >= 4 is 55.4 Å². The lowest BCUT2D eigenvalue weighted by Gasteiger charge is -2.36. The molecule has 1 saturated heterocycles. The maximum atomic E-state index is 13.0. The van der Waals surface area contributed by atoms with Crippen LogP contribution in [0, 0.1) is 0 Å². The van der Waals surface area contributed by atoms with Gasteiger partial charge in [-0.3, -0.25) is 9.59 Å². The molecule has 3 aromatic carbocycles. The number of benzene rings is 3. The van der Waals surface area contributed by atoms with Crippen LogP contribution in [0.15, 0.2) is 66.7 Å². The van der Waals surface area contributed by atoms with Crippen LogP contribution in [0.2, 0.25) is 0 Å². The number of carbonyl (C=O) groups excluding carboxylic acids is 2. The minimum Gasteiger partial charge on any atom is -0.372 e. The van der Waals surface area contributed by atoms with Crippen molar-refractivity contribution in [2.75, 3.05) is 28.6 Å². The van der Waals surface area contributed by atoms with Crippen molar-refractivity contribution in [1.82, 2.24) is 4.98 Å². The average Bonchev–Trinajstić information content (AvgIpc) is 3.25. The molecule has 0 radical (unpaired) electrons. The van der Waals surface area contributed by atoms with E-state index in [2.05, 4.69) is 34.4 Å². The quantitative estimate of drug-likeness (QED) is 0.343. The number of nitrogens with one attached hydrogen (secondary N) is 2. The summed E-state index contributed by atoms with van der Waals surface area (Å²) in [6.45, 7) is 5.70. The molecule has 0 unspecified atom stereocenters. The number of carbonyl (C=O) groups is 2. The summed E-state index contributed by atoms with van der Waals surface area (Å²) in [4.78, 5) is 31.6. The summed E-state index contributed by atoms with van der Waals surface area (Å²) >= 11 is 1.16. The highest BCUT2D eigenvalue weighted by molar-refractivity contribution is 7.20. The largest absolute Gasteiger partial charge is 0.372 e. The number of rotatable bonds is 6. The van der Waals surface area contributed by atoms with Crippen molar-refractivity contribution in [3.8, 4) is 0 Å². The molecule has 0 bridgehead atoms. The molecule has 1 aliphatic rings. The highest BCUT2D eigenvalue weighted by Gasteiger charge is 2.23. The normalized spacial score (nSPS) is 17.7. The van der Waals surface area contributed by atoms with E-state index in [4.69, 9.17) is 10.5 Å². The predicted octanol–water partition coefficient (Wildman–Crippen LogP) is 5.00. The number of amides is 2. The lowest BCUT2D eigenvalue weighted by Crippen LogP contribution is -2.45. The monoisotopic (exact) mass is 501 g/mol. The summed E-state index contributed by atoms with van der Waals surface area (Å²) in [6.07, 6.45) is 0.292. The van der Waals surface area contributed by atoms with Crippen LogP contribution in [-0.4, -0.2) is 42.1 Å². The summed E-state index contributed by atoms with van der Waals surface area (Å²) in [5.41, 5.74) is 7.89. The standard InChI is InChI=1S/C27H27N5O3S/c1-16-14-32(15-17(2)35-16)22-11-8-19(9-12-22)25(34)31-26-23(24(28)33)30-27(36-26)29-21-10-7-18-5-3-4-6-20(18)13-21/h3-13,16-17H,14-15H2,1-2H3,(H2,28,33)(H,29,30)(H,31,34)/t16-,17+. The highest BCUT2D eigenvalue weighted by atomic mass is 32.1. The van der Waals surface area contributed by atoms with E-state index in [-0.39, 0.29) is 23.8 Å². The van der Waals surface area contributed by atoms with E-state index < -0.39 is 5.91 Å². The number of hydrogen-bond acceptors (Lipinski definition) is 7. The molecule has 2 atom stereocenters. The van der Waals surface area contributed by atoms with E-state index in [0.717, 1.165) is 46.6 Å². The van der Waals surface area contributed by atoms with E-state index >= 15 is 0 Å². The Hall–Kier alpha value is -3.95. The Morgan fingerprint density at radius 3 is 2.39 bits per heavy atom. The first-order valence-electron chi connectivity index (χ1n) is 11.7. The van der Waals surface area contributed by atoms with Crippen LogP contribution in [0.5, 0.6) is 0 Å². The van der Waals surface area contributed by atoms with Crippen molar-refractivity contribution in [3.05, 3.63) is 78.0 Å². The Balaban J connectivity index is 1.31. The van der Waals surface area contributed by atoms with Crippen molar-refractivity contribution in [2.24, 2.45) is 5.73 Å². The van der Waals surface area contributed by atoms with Gasteiger partial charge in [-0.1, -0.05) is 41.7 Å². The number of nitrogens with zero attached hydrogens (tertiary/aromatic N) is 2. The number of fused-ring (bicyclic) bond motifs is 1. The Bertz CT molecular complexity index is 1410. The fourth-order valence-corrected chi connectivity index (χ4v) is 5.29.